The highest BCUT2D eigenvalue weighted by molar-refractivity contribution is 5.89. The van der Waals surface area contributed by atoms with Gasteiger partial charge in [0.2, 0.25) is 0 Å². The average Bonchev–Trinajstić information content (AvgIpc) is 2.72. The maximum Gasteiger partial charge on any atom is 0.338 e. The Morgan fingerprint density at radius 3 is 2.25 bits per heavy atom. The van der Waals surface area contributed by atoms with E-state index >= 15 is 0 Å². The van der Waals surface area contributed by atoms with Gasteiger partial charge in [-0.25, -0.2) is 4.79 Å². The zero-order chi connectivity index (χ0) is 20.4. The minimum atomic E-state index is -0.259. The van der Waals surface area contributed by atoms with Crippen LogP contribution in [0.5, 0.6) is 0 Å². The first kappa shape index (κ1) is 22.9. The van der Waals surface area contributed by atoms with Gasteiger partial charge in [0.05, 0.1) is 11.7 Å². The van der Waals surface area contributed by atoms with Crippen LogP contribution in [0.15, 0.2) is 24.3 Å². The van der Waals surface area contributed by atoms with Gasteiger partial charge in [-0.1, -0.05) is 51.7 Å². The maximum absolute atomic E-state index is 12.4. The number of hydrogen-bond donors (Lipinski definition) is 0. The predicted molar refractivity (Wildman–Crippen MR) is 116 cm³/mol. The molecule has 0 aliphatic heterocycles. The normalized spacial score (nSPS) is 21.9. The second-order valence-electron chi connectivity index (χ2n) is 8.52. The SMILES string of the molecule is CCCCC[C@H]1CC[C@H](c2ccc(C(=O)OC(C)C(C)OCCC)cc2)CC1. The van der Waals surface area contributed by atoms with Crippen LogP contribution in [-0.4, -0.2) is 24.8 Å². The lowest BCUT2D eigenvalue weighted by Gasteiger charge is -2.29. The molecule has 1 aliphatic rings. The number of esters is 1. The molecule has 3 nitrogen and oxygen atoms in total. The van der Waals surface area contributed by atoms with Crippen molar-refractivity contribution in [3.05, 3.63) is 35.4 Å². The smallest absolute Gasteiger partial charge is 0.338 e. The van der Waals surface area contributed by atoms with Crippen LogP contribution < -0.4 is 0 Å². The predicted octanol–water partition coefficient (Wildman–Crippen LogP) is 6.90. The van der Waals surface area contributed by atoms with Crippen molar-refractivity contribution in [1.29, 1.82) is 0 Å². The Morgan fingerprint density at radius 1 is 0.964 bits per heavy atom. The molecular formula is C25H40O3. The quantitative estimate of drug-likeness (QED) is 0.305. The van der Waals surface area contributed by atoms with Gasteiger partial charge in [0, 0.05) is 6.61 Å². The lowest BCUT2D eigenvalue weighted by molar-refractivity contribution is -0.0376. The fraction of sp³-hybridized carbons (Fsp3) is 0.720. The van der Waals surface area contributed by atoms with Gasteiger partial charge in [-0.15, -0.1) is 0 Å². The van der Waals surface area contributed by atoms with Crippen molar-refractivity contribution in [1.82, 2.24) is 0 Å². The first-order chi connectivity index (χ1) is 13.5. The standard InChI is InChI=1S/C25H40O3/c1-5-7-8-9-21-10-12-22(13-11-21)23-14-16-24(17-15-23)25(26)28-20(4)19(3)27-18-6-2/h14-17,19-22H,5-13,18H2,1-4H3/t19?,20?,21-,22-. The fourth-order valence-corrected chi connectivity index (χ4v) is 4.13. The van der Waals surface area contributed by atoms with E-state index < -0.39 is 0 Å². The van der Waals surface area contributed by atoms with Gasteiger partial charge in [0.25, 0.3) is 0 Å². The molecule has 2 rings (SSSR count). The van der Waals surface area contributed by atoms with Crippen LogP contribution in [0, 0.1) is 5.92 Å². The fourth-order valence-electron chi connectivity index (χ4n) is 4.13. The van der Waals surface area contributed by atoms with Crippen molar-refractivity contribution in [3.63, 3.8) is 0 Å². The summed E-state index contributed by atoms with van der Waals surface area (Å²) >= 11 is 0. The van der Waals surface area contributed by atoms with Crippen molar-refractivity contribution >= 4 is 5.97 Å². The lowest BCUT2D eigenvalue weighted by Crippen LogP contribution is -2.29. The Bertz CT molecular complexity index is 558. The van der Waals surface area contributed by atoms with E-state index in [4.69, 9.17) is 9.47 Å². The molecule has 0 spiro atoms. The summed E-state index contributed by atoms with van der Waals surface area (Å²) in [6.45, 7) is 8.89. The summed E-state index contributed by atoms with van der Waals surface area (Å²) in [6.07, 6.45) is 11.4. The molecule has 0 saturated heterocycles. The van der Waals surface area contributed by atoms with E-state index in [1.165, 1.54) is 56.9 Å². The van der Waals surface area contributed by atoms with E-state index in [-0.39, 0.29) is 18.2 Å². The topological polar surface area (TPSA) is 35.5 Å². The van der Waals surface area contributed by atoms with Crippen LogP contribution in [0.25, 0.3) is 0 Å². The summed E-state index contributed by atoms with van der Waals surface area (Å²) < 4.78 is 11.2. The van der Waals surface area contributed by atoms with Crippen LogP contribution in [0.3, 0.4) is 0 Å². The third-order valence-electron chi connectivity index (χ3n) is 6.22. The van der Waals surface area contributed by atoms with E-state index in [1.807, 2.05) is 26.0 Å². The Labute approximate surface area is 172 Å². The highest BCUT2D eigenvalue weighted by atomic mass is 16.6. The van der Waals surface area contributed by atoms with Gasteiger partial charge < -0.3 is 9.47 Å². The van der Waals surface area contributed by atoms with Crippen LogP contribution in [-0.2, 0) is 9.47 Å². The van der Waals surface area contributed by atoms with Crippen molar-refractivity contribution in [3.8, 4) is 0 Å². The first-order valence-electron chi connectivity index (χ1n) is 11.5. The number of carbonyl (C=O) groups excluding carboxylic acids is 1. The second kappa shape index (κ2) is 12.3. The molecule has 0 bridgehead atoms. The molecule has 0 heterocycles. The lowest BCUT2D eigenvalue weighted by atomic mass is 9.77. The molecule has 0 aromatic heterocycles. The molecule has 0 N–H and O–H groups in total. The molecule has 3 heteroatoms. The van der Waals surface area contributed by atoms with Gasteiger partial charge in [0.1, 0.15) is 6.10 Å². The van der Waals surface area contributed by atoms with Gasteiger partial charge >= 0.3 is 5.97 Å². The molecule has 1 aromatic rings. The van der Waals surface area contributed by atoms with E-state index in [0.29, 0.717) is 18.1 Å². The third-order valence-corrected chi connectivity index (χ3v) is 6.22. The second-order valence-corrected chi connectivity index (χ2v) is 8.52. The van der Waals surface area contributed by atoms with E-state index in [1.54, 1.807) is 0 Å². The molecule has 0 radical (unpaired) electrons. The molecule has 28 heavy (non-hydrogen) atoms. The highest BCUT2D eigenvalue weighted by Crippen LogP contribution is 2.37. The van der Waals surface area contributed by atoms with E-state index in [0.717, 1.165) is 12.3 Å². The zero-order valence-corrected chi connectivity index (χ0v) is 18.4. The monoisotopic (exact) mass is 388 g/mol. The first-order valence-corrected chi connectivity index (χ1v) is 11.5. The van der Waals surface area contributed by atoms with Gasteiger partial charge in [0.15, 0.2) is 0 Å². The zero-order valence-electron chi connectivity index (χ0n) is 18.4. The van der Waals surface area contributed by atoms with Crippen molar-refractivity contribution in [2.45, 2.75) is 104 Å². The third kappa shape index (κ3) is 7.24. The van der Waals surface area contributed by atoms with Gasteiger partial charge in [-0.2, -0.15) is 0 Å². The summed E-state index contributed by atoms with van der Waals surface area (Å²) in [6, 6.07) is 8.10. The summed E-state index contributed by atoms with van der Waals surface area (Å²) in [7, 11) is 0. The summed E-state index contributed by atoms with van der Waals surface area (Å²) in [5.74, 6) is 1.31. The minimum Gasteiger partial charge on any atom is -0.456 e. The molecule has 1 aliphatic carbocycles. The van der Waals surface area contributed by atoms with Crippen molar-refractivity contribution in [2.75, 3.05) is 6.61 Å². The highest BCUT2D eigenvalue weighted by Gasteiger charge is 2.23. The molecule has 0 amide bonds. The Kier molecular flexibility index (Phi) is 10.0. The van der Waals surface area contributed by atoms with Crippen molar-refractivity contribution in [2.24, 2.45) is 5.92 Å². The van der Waals surface area contributed by atoms with E-state index in [2.05, 4.69) is 26.0 Å². The summed E-state index contributed by atoms with van der Waals surface area (Å²) in [4.78, 5) is 12.4. The minimum absolute atomic E-state index is 0.0873. The number of carbonyl (C=O) groups is 1. The molecule has 158 valence electrons. The van der Waals surface area contributed by atoms with Crippen LogP contribution >= 0.6 is 0 Å². The molecule has 2 atom stereocenters. The van der Waals surface area contributed by atoms with Crippen molar-refractivity contribution < 1.29 is 14.3 Å². The van der Waals surface area contributed by atoms with Gasteiger partial charge in [-0.05, 0) is 75.5 Å². The number of ether oxygens (including phenoxy) is 2. The largest absolute Gasteiger partial charge is 0.456 e. The van der Waals surface area contributed by atoms with Crippen LogP contribution in [0.4, 0.5) is 0 Å². The number of rotatable bonds is 11. The number of unbranched alkanes of at least 4 members (excludes halogenated alkanes) is 2. The van der Waals surface area contributed by atoms with Gasteiger partial charge in [-0.3, -0.25) is 0 Å². The molecule has 1 aromatic carbocycles. The molecule has 1 fully saturated rings. The number of hydrogen-bond acceptors (Lipinski definition) is 3. The average molecular weight is 389 g/mol. The molecule has 1 saturated carbocycles. The van der Waals surface area contributed by atoms with Crippen LogP contribution in [0.1, 0.15) is 107 Å². The Balaban J connectivity index is 1.80. The van der Waals surface area contributed by atoms with Crippen LogP contribution in [0.2, 0.25) is 0 Å². The summed E-state index contributed by atoms with van der Waals surface area (Å²) in [5.41, 5.74) is 2.00. The number of benzene rings is 1. The van der Waals surface area contributed by atoms with E-state index in [9.17, 15) is 4.79 Å². The Morgan fingerprint density at radius 2 is 1.64 bits per heavy atom. The maximum atomic E-state index is 12.4. The molecular weight excluding hydrogens is 348 g/mol. The Hall–Kier alpha value is -1.35. The molecule has 2 unspecified atom stereocenters. The summed E-state index contributed by atoms with van der Waals surface area (Å²) in [5, 5.41) is 0.